The van der Waals surface area contributed by atoms with E-state index in [1.54, 1.807) is 15.9 Å². The van der Waals surface area contributed by atoms with E-state index in [-0.39, 0.29) is 0 Å². The van der Waals surface area contributed by atoms with Crippen molar-refractivity contribution < 1.29 is 0 Å². The monoisotopic (exact) mass is 322 g/mol. The number of unbranched alkanes of at least 4 members (excludes halogenated alkanes) is 1. The van der Waals surface area contributed by atoms with E-state index < -0.39 is 0 Å². The van der Waals surface area contributed by atoms with Crippen LogP contribution in [-0.4, -0.2) is 14.6 Å². The van der Waals surface area contributed by atoms with E-state index in [2.05, 4.69) is 36.3 Å². The third kappa shape index (κ3) is 2.43. The van der Waals surface area contributed by atoms with Gasteiger partial charge < -0.3 is 0 Å². The molecule has 4 rings (SSSR count). The molecule has 0 unspecified atom stereocenters. The van der Waals surface area contributed by atoms with Crippen LogP contribution in [0.25, 0.3) is 16.2 Å². The normalized spacial score (nSPS) is 13.4. The van der Waals surface area contributed by atoms with Crippen LogP contribution in [0.2, 0.25) is 0 Å². The molecule has 1 aliphatic carbocycles. The van der Waals surface area contributed by atoms with Gasteiger partial charge in [0.1, 0.15) is 16.8 Å². The van der Waals surface area contributed by atoms with Crippen molar-refractivity contribution in [3.05, 3.63) is 40.0 Å². The molecule has 0 amide bonds. The Labute approximate surface area is 139 Å². The molecule has 5 heteroatoms. The van der Waals surface area contributed by atoms with Crippen LogP contribution in [0.15, 0.2) is 18.2 Å². The van der Waals surface area contributed by atoms with Crippen molar-refractivity contribution in [3.63, 3.8) is 0 Å². The first kappa shape index (κ1) is 14.4. The van der Waals surface area contributed by atoms with Gasteiger partial charge in [-0.2, -0.15) is 14.9 Å². The number of fused-ring (bicyclic) bond motifs is 2. The second-order valence-electron chi connectivity index (χ2n) is 6.05. The SMILES string of the molecule is CCCCc1nn2c(C#N)c(-c3ccc4c(c3)CCC4)nc2s1. The van der Waals surface area contributed by atoms with Crippen molar-refractivity contribution >= 4 is 16.3 Å². The largest absolute Gasteiger partial charge is 0.216 e. The maximum atomic E-state index is 9.60. The standard InChI is InChI=1S/C18H18N4S/c1-2-3-7-16-21-22-15(11-19)17(20-18(22)23-16)14-9-8-12-5-4-6-13(12)10-14/h8-10H,2-7H2,1H3. The summed E-state index contributed by atoms with van der Waals surface area (Å²) in [5.74, 6) is 0. The lowest BCUT2D eigenvalue weighted by Gasteiger charge is -2.02. The Morgan fingerprint density at radius 3 is 3.00 bits per heavy atom. The molecule has 0 fully saturated rings. The lowest BCUT2D eigenvalue weighted by Crippen LogP contribution is -1.93. The highest BCUT2D eigenvalue weighted by atomic mass is 32.1. The van der Waals surface area contributed by atoms with Crippen LogP contribution >= 0.6 is 11.3 Å². The molecule has 0 N–H and O–H groups in total. The number of rotatable bonds is 4. The lowest BCUT2D eigenvalue weighted by molar-refractivity contribution is 0.769. The third-order valence-electron chi connectivity index (χ3n) is 4.47. The molecule has 0 saturated carbocycles. The summed E-state index contributed by atoms with van der Waals surface area (Å²) in [6.07, 6.45) is 6.76. The number of hydrogen-bond donors (Lipinski definition) is 0. The van der Waals surface area contributed by atoms with E-state index in [1.165, 1.54) is 24.0 Å². The topological polar surface area (TPSA) is 54.0 Å². The van der Waals surface area contributed by atoms with Crippen LogP contribution in [0.3, 0.4) is 0 Å². The second-order valence-corrected chi connectivity index (χ2v) is 7.09. The number of nitriles is 1. The summed E-state index contributed by atoms with van der Waals surface area (Å²) in [5, 5.41) is 15.3. The molecule has 2 heterocycles. The number of hydrogen-bond acceptors (Lipinski definition) is 4. The maximum Gasteiger partial charge on any atom is 0.214 e. The van der Waals surface area contributed by atoms with Crippen molar-refractivity contribution in [3.8, 4) is 17.3 Å². The average molecular weight is 322 g/mol. The Morgan fingerprint density at radius 1 is 1.30 bits per heavy atom. The molecule has 116 valence electrons. The predicted molar refractivity (Wildman–Crippen MR) is 91.7 cm³/mol. The summed E-state index contributed by atoms with van der Waals surface area (Å²) in [4.78, 5) is 5.53. The quantitative estimate of drug-likeness (QED) is 0.724. The molecule has 0 aliphatic heterocycles. The van der Waals surface area contributed by atoms with Gasteiger partial charge >= 0.3 is 0 Å². The van der Waals surface area contributed by atoms with Gasteiger partial charge in [-0.1, -0.05) is 36.8 Å². The number of benzene rings is 1. The molecule has 0 saturated heterocycles. The van der Waals surface area contributed by atoms with Gasteiger partial charge in [0, 0.05) is 12.0 Å². The number of imidazole rings is 1. The first-order chi connectivity index (χ1) is 11.3. The minimum atomic E-state index is 0.553. The molecule has 1 aromatic carbocycles. The Kier molecular flexibility index (Phi) is 3.62. The van der Waals surface area contributed by atoms with Crippen LogP contribution in [0, 0.1) is 11.3 Å². The third-order valence-corrected chi connectivity index (χ3v) is 5.44. The minimum absolute atomic E-state index is 0.553. The first-order valence-corrected chi connectivity index (χ1v) is 9.02. The van der Waals surface area contributed by atoms with Gasteiger partial charge in [0.05, 0.1) is 0 Å². The van der Waals surface area contributed by atoms with Crippen LogP contribution in [0.4, 0.5) is 0 Å². The first-order valence-electron chi connectivity index (χ1n) is 8.21. The van der Waals surface area contributed by atoms with Gasteiger partial charge in [0.2, 0.25) is 4.96 Å². The van der Waals surface area contributed by atoms with E-state index in [0.717, 1.165) is 46.9 Å². The van der Waals surface area contributed by atoms with E-state index in [1.807, 2.05) is 0 Å². The van der Waals surface area contributed by atoms with Crippen molar-refractivity contribution in [2.24, 2.45) is 0 Å². The molecule has 23 heavy (non-hydrogen) atoms. The average Bonchev–Trinajstić information content (AvgIpc) is 3.25. The Hall–Kier alpha value is -2.19. The van der Waals surface area contributed by atoms with Crippen LogP contribution in [0.5, 0.6) is 0 Å². The summed E-state index contributed by atoms with van der Waals surface area (Å²) in [6.45, 7) is 2.17. The molecule has 0 atom stereocenters. The van der Waals surface area contributed by atoms with Gasteiger partial charge in [-0.3, -0.25) is 0 Å². The van der Waals surface area contributed by atoms with Crippen molar-refractivity contribution in [1.29, 1.82) is 5.26 Å². The van der Waals surface area contributed by atoms with Crippen molar-refractivity contribution in [1.82, 2.24) is 14.6 Å². The molecule has 2 aromatic heterocycles. The highest BCUT2D eigenvalue weighted by Crippen LogP contribution is 2.31. The van der Waals surface area contributed by atoms with Gasteiger partial charge in [-0.15, -0.1) is 0 Å². The molecule has 4 nitrogen and oxygen atoms in total. The van der Waals surface area contributed by atoms with Gasteiger partial charge in [0.15, 0.2) is 5.69 Å². The smallest absolute Gasteiger partial charge is 0.214 e. The summed E-state index contributed by atoms with van der Waals surface area (Å²) in [5.41, 5.74) is 5.20. The summed E-state index contributed by atoms with van der Waals surface area (Å²) >= 11 is 1.60. The predicted octanol–water partition coefficient (Wildman–Crippen LogP) is 4.16. The number of aromatic nitrogens is 3. The number of aryl methyl sites for hydroxylation is 3. The van der Waals surface area contributed by atoms with E-state index in [4.69, 9.17) is 4.98 Å². The molecule has 0 radical (unpaired) electrons. The van der Waals surface area contributed by atoms with Crippen LogP contribution in [0.1, 0.15) is 48.0 Å². The number of nitrogens with zero attached hydrogens (tertiary/aromatic N) is 4. The Morgan fingerprint density at radius 2 is 2.17 bits per heavy atom. The Balaban J connectivity index is 1.78. The summed E-state index contributed by atoms with van der Waals surface area (Å²) < 4.78 is 1.72. The summed E-state index contributed by atoms with van der Waals surface area (Å²) in [6, 6.07) is 8.78. The fourth-order valence-corrected chi connectivity index (χ4v) is 4.17. The summed E-state index contributed by atoms with van der Waals surface area (Å²) in [7, 11) is 0. The van der Waals surface area contributed by atoms with E-state index >= 15 is 0 Å². The fourth-order valence-electron chi connectivity index (χ4n) is 3.24. The molecule has 3 aromatic rings. The van der Waals surface area contributed by atoms with E-state index in [9.17, 15) is 5.26 Å². The van der Waals surface area contributed by atoms with Crippen LogP contribution in [-0.2, 0) is 19.3 Å². The molecule has 0 bridgehead atoms. The van der Waals surface area contributed by atoms with Crippen molar-refractivity contribution in [2.75, 3.05) is 0 Å². The van der Waals surface area contributed by atoms with Gasteiger partial charge in [0.25, 0.3) is 0 Å². The highest BCUT2D eigenvalue weighted by molar-refractivity contribution is 7.16. The molecular formula is C18H18N4S. The maximum absolute atomic E-state index is 9.60. The zero-order valence-corrected chi connectivity index (χ0v) is 14.0. The van der Waals surface area contributed by atoms with Gasteiger partial charge in [-0.25, -0.2) is 4.98 Å². The zero-order valence-electron chi connectivity index (χ0n) is 13.2. The zero-order chi connectivity index (χ0) is 15.8. The minimum Gasteiger partial charge on any atom is -0.216 e. The second kappa shape index (κ2) is 5.78. The fraction of sp³-hybridized carbons (Fsp3) is 0.389. The van der Waals surface area contributed by atoms with Gasteiger partial charge in [-0.05, 0) is 42.9 Å². The Bertz CT molecular complexity index is 913. The lowest BCUT2D eigenvalue weighted by atomic mass is 10.0. The molecular weight excluding hydrogens is 304 g/mol. The van der Waals surface area contributed by atoms with Crippen molar-refractivity contribution in [2.45, 2.75) is 45.4 Å². The van der Waals surface area contributed by atoms with Crippen LogP contribution < -0.4 is 0 Å². The molecule has 0 spiro atoms. The van der Waals surface area contributed by atoms with E-state index in [0.29, 0.717) is 5.69 Å². The molecule has 1 aliphatic rings. The highest BCUT2D eigenvalue weighted by Gasteiger charge is 2.19.